The molecule has 1 N–H and O–H groups in total. The number of esters is 1. The van der Waals surface area contributed by atoms with Crippen molar-refractivity contribution in [2.45, 2.75) is 70.4 Å². The highest BCUT2D eigenvalue weighted by Crippen LogP contribution is 2.65. The molecule has 0 amide bonds. The monoisotopic (exact) mass is 596 g/mol. The van der Waals surface area contributed by atoms with Crippen molar-refractivity contribution in [1.29, 1.82) is 0 Å². The minimum absolute atomic E-state index is 0.0170. The minimum Gasteiger partial charge on any atom is -0.468 e. The number of hydrogen-bond donors (Lipinski definition) is 1. The van der Waals surface area contributed by atoms with Gasteiger partial charge in [-0.25, -0.2) is 0 Å². The molecule has 4 rings (SSSR count). The Labute approximate surface area is 259 Å². The number of nitrogens with zero attached hydrogens (tertiary/aromatic N) is 1. The lowest BCUT2D eigenvalue weighted by Crippen LogP contribution is -2.46. The van der Waals surface area contributed by atoms with Crippen LogP contribution in [0.4, 0.5) is 11.4 Å². The first-order valence-corrected chi connectivity index (χ1v) is 18.1. The summed E-state index contributed by atoms with van der Waals surface area (Å²) in [6.07, 6.45) is 7.25. The largest absolute Gasteiger partial charge is 0.468 e. The van der Waals surface area contributed by atoms with Crippen LogP contribution in [-0.2, 0) is 27.0 Å². The molecule has 1 saturated carbocycles. The predicted molar refractivity (Wildman–Crippen MR) is 182 cm³/mol. The van der Waals surface area contributed by atoms with Crippen molar-refractivity contribution in [1.82, 2.24) is 0 Å². The van der Waals surface area contributed by atoms with Crippen LogP contribution in [0.2, 0.25) is 18.1 Å². The molecule has 2 atom stereocenters. The van der Waals surface area contributed by atoms with Gasteiger partial charge in [-0.1, -0.05) is 112 Å². The maximum Gasteiger partial charge on any atom is 0.315 e. The van der Waals surface area contributed by atoms with E-state index in [2.05, 4.69) is 136 Å². The van der Waals surface area contributed by atoms with E-state index in [4.69, 9.17) is 9.16 Å². The van der Waals surface area contributed by atoms with Crippen molar-refractivity contribution < 1.29 is 14.0 Å². The summed E-state index contributed by atoms with van der Waals surface area (Å²) in [5.41, 5.74) is 3.21. The van der Waals surface area contributed by atoms with Crippen molar-refractivity contribution in [3.8, 4) is 0 Å². The zero-order valence-electron chi connectivity index (χ0n) is 26.7. The number of benzene rings is 3. The summed E-state index contributed by atoms with van der Waals surface area (Å²) in [6, 6.07) is 29.4. The Morgan fingerprint density at radius 3 is 2.16 bits per heavy atom. The van der Waals surface area contributed by atoms with Crippen LogP contribution in [-0.4, -0.2) is 33.5 Å². The maximum atomic E-state index is 13.2. The Bertz CT molecular complexity index is 1400. The van der Waals surface area contributed by atoms with Crippen LogP contribution in [0.1, 0.15) is 44.7 Å². The quantitative estimate of drug-likeness (QED) is 0.115. The lowest BCUT2D eigenvalue weighted by atomic mass is 9.96. The molecule has 6 heteroatoms. The fraction of sp³-hybridized carbons (Fsp3) is 0.378. The smallest absolute Gasteiger partial charge is 0.315 e. The van der Waals surface area contributed by atoms with Gasteiger partial charge in [0.1, 0.15) is 5.41 Å². The summed E-state index contributed by atoms with van der Waals surface area (Å²) in [5, 5.41) is 3.66. The summed E-state index contributed by atoms with van der Waals surface area (Å²) in [5.74, 6) is -0.229. The van der Waals surface area contributed by atoms with Crippen LogP contribution in [0.5, 0.6) is 0 Å². The molecule has 0 aliphatic heterocycles. The van der Waals surface area contributed by atoms with Crippen LogP contribution in [0.25, 0.3) is 0 Å². The topological polar surface area (TPSA) is 50.8 Å². The molecule has 0 unspecified atom stereocenters. The first-order valence-electron chi connectivity index (χ1n) is 15.2. The molecule has 0 spiro atoms. The second-order valence-corrected chi connectivity index (χ2v) is 17.8. The Morgan fingerprint density at radius 1 is 0.953 bits per heavy atom. The van der Waals surface area contributed by atoms with Crippen LogP contribution in [0.3, 0.4) is 0 Å². The molecule has 3 aromatic carbocycles. The molecule has 1 fully saturated rings. The highest BCUT2D eigenvalue weighted by molar-refractivity contribution is 6.74. The first kappa shape index (κ1) is 32.3. The molecular weight excluding hydrogens is 549 g/mol. The molecule has 0 aromatic heterocycles. The predicted octanol–water partition coefficient (Wildman–Crippen LogP) is 8.76. The molecular formula is C37H48N2O3Si. The second-order valence-electron chi connectivity index (χ2n) is 13.1. The average molecular weight is 597 g/mol. The summed E-state index contributed by atoms with van der Waals surface area (Å²) in [4.78, 5) is 15.6. The lowest BCUT2D eigenvalue weighted by Gasteiger charge is -2.40. The Kier molecular flexibility index (Phi) is 10.0. The number of methoxy groups -OCH3 is 1. The number of anilines is 2. The standard InChI is InChI=1S/C37H48N2O3Si/c1-8-37(42-43(6,7)35(2,3)4)29-36(37,34(40)41-5)25-17-18-26-39(28-31-21-13-10-14-22-31)33-24-16-15-23-32(33)38-27-30-19-11-9-12-20-30/h8-24,38H,1,25-29H2,2-7H3/b18-17+/t36-,37+/m1/s1. The van der Waals surface area contributed by atoms with Crippen LogP contribution in [0, 0.1) is 5.41 Å². The van der Waals surface area contributed by atoms with Crippen LogP contribution >= 0.6 is 0 Å². The highest BCUT2D eigenvalue weighted by Gasteiger charge is 2.73. The van der Waals surface area contributed by atoms with E-state index >= 15 is 0 Å². The second kappa shape index (κ2) is 13.4. The summed E-state index contributed by atoms with van der Waals surface area (Å²) in [7, 11) is -0.691. The third kappa shape index (κ3) is 7.31. The Balaban J connectivity index is 1.55. The van der Waals surface area contributed by atoms with E-state index in [1.54, 1.807) is 0 Å². The Morgan fingerprint density at radius 2 is 1.56 bits per heavy atom. The summed E-state index contributed by atoms with van der Waals surface area (Å²) >= 11 is 0. The van der Waals surface area contributed by atoms with Gasteiger partial charge in [0.15, 0.2) is 8.32 Å². The number of para-hydroxylation sites is 2. The molecule has 0 heterocycles. The first-order chi connectivity index (χ1) is 20.5. The molecule has 3 aromatic rings. The van der Waals surface area contributed by atoms with E-state index in [9.17, 15) is 4.79 Å². The van der Waals surface area contributed by atoms with Gasteiger partial charge in [-0.15, -0.1) is 6.58 Å². The number of allylic oxidation sites excluding steroid dienone is 1. The van der Waals surface area contributed by atoms with E-state index in [1.165, 1.54) is 18.2 Å². The van der Waals surface area contributed by atoms with E-state index in [0.29, 0.717) is 19.4 Å². The van der Waals surface area contributed by atoms with Crippen LogP contribution in [0.15, 0.2) is 110 Å². The third-order valence-electron chi connectivity index (χ3n) is 9.14. The Hall–Kier alpha value is -3.61. The maximum absolute atomic E-state index is 13.2. The van der Waals surface area contributed by atoms with Gasteiger partial charge in [-0.05, 0) is 54.2 Å². The zero-order valence-corrected chi connectivity index (χ0v) is 27.7. The average Bonchev–Trinajstić information content (AvgIpc) is 3.65. The molecule has 0 bridgehead atoms. The van der Waals surface area contributed by atoms with Gasteiger partial charge in [0.25, 0.3) is 0 Å². The van der Waals surface area contributed by atoms with E-state index < -0.39 is 19.3 Å². The van der Waals surface area contributed by atoms with Gasteiger partial charge in [-0.2, -0.15) is 0 Å². The van der Waals surface area contributed by atoms with Crippen molar-refractivity contribution >= 4 is 25.7 Å². The number of rotatable bonds is 14. The SMILES string of the molecule is C=C[C@]1(O[Si](C)(C)C(C)(C)C)C[C@]1(C/C=C/CN(Cc1ccccc1)c1ccccc1NCc1ccccc1)C(=O)OC. The molecule has 1 aliphatic rings. The van der Waals surface area contributed by atoms with Crippen molar-refractivity contribution in [3.63, 3.8) is 0 Å². The number of nitrogens with one attached hydrogen (secondary N) is 1. The number of ether oxygens (including phenoxy) is 1. The molecule has 1 aliphatic carbocycles. The van der Waals surface area contributed by atoms with Gasteiger partial charge < -0.3 is 19.4 Å². The summed E-state index contributed by atoms with van der Waals surface area (Å²) in [6.45, 7) is 17.4. The summed E-state index contributed by atoms with van der Waals surface area (Å²) < 4.78 is 12.2. The van der Waals surface area contributed by atoms with Gasteiger partial charge in [0.05, 0.1) is 24.1 Å². The fourth-order valence-electron chi connectivity index (χ4n) is 5.45. The third-order valence-corrected chi connectivity index (χ3v) is 13.6. The molecule has 228 valence electrons. The fourth-order valence-corrected chi connectivity index (χ4v) is 7.02. The van der Waals surface area contributed by atoms with Crippen molar-refractivity contribution in [2.24, 2.45) is 5.41 Å². The van der Waals surface area contributed by atoms with E-state index in [-0.39, 0.29) is 11.0 Å². The van der Waals surface area contributed by atoms with E-state index in [0.717, 1.165) is 24.5 Å². The van der Waals surface area contributed by atoms with Gasteiger partial charge >= 0.3 is 5.97 Å². The molecule has 5 nitrogen and oxygen atoms in total. The highest BCUT2D eigenvalue weighted by atomic mass is 28.4. The number of hydrogen-bond acceptors (Lipinski definition) is 5. The lowest BCUT2D eigenvalue weighted by molar-refractivity contribution is -0.149. The number of carbonyl (C=O) groups is 1. The number of carbonyl (C=O) groups excluding carboxylic acids is 1. The van der Waals surface area contributed by atoms with Gasteiger partial charge in [0, 0.05) is 19.6 Å². The molecule has 0 radical (unpaired) electrons. The van der Waals surface area contributed by atoms with Gasteiger partial charge in [-0.3, -0.25) is 4.79 Å². The minimum atomic E-state index is -2.16. The van der Waals surface area contributed by atoms with E-state index in [1.807, 2.05) is 18.2 Å². The van der Waals surface area contributed by atoms with Gasteiger partial charge in [0.2, 0.25) is 0 Å². The van der Waals surface area contributed by atoms with Crippen molar-refractivity contribution in [2.75, 3.05) is 23.9 Å². The van der Waals surface area contributed by atoms with Crippen molar-refractivity contribution in [3.05, 3.63) is 121 Å². The van der Waals surface area contributed by atoms with Crippen LogP contribution < -0.4 is 10.2 Å². The molecule has 0 saturated heterocycles. The normalized spacial score (nSPS) is 20.0. The molecule has 43 heavy (non-hydrogen) atoms. The zero-order chi connectivity index (χ0) is 31.1.